The number of carbonyl (C=O) groups is 2. The van der Waals surface area contributed by atoms with Gasteiger partial charge in [-0.3, -0.25) is 5.32 Å². The van der Waals surface area contributed by atoms with Crippen molar-refractivity contribution in [2.75, 3.05) is 16.0 Å². The number of hydrogen-bond donors (Lipinski definition) is 3. The summed E-state index contributed by atoms with van der Waals surface area (Å²) in [6, 6.07) is 25.1. The topological polar surface area (TPSA) is 79.5 Å². The molecule has 142 valence electrons. The molecule has 3 amide bonds. The zero-order valence-electron chi connectivity index (χ0n) is 15.4. The Morgan fingerprint density at radius 1 is 0.714 bits per heavy atom. The van der Waals surface area contributed by atoms with Crippen LogP contribution in [0.2, 0.25) is 0 Å². The second kappa shape index (κ2) is 9.23. The fourth-order valence-corrected chi connectivity index (χ4v) is 2.58. The molecule has 0 fully saturated rings. The second-order valence-corrected chi connectivity index (χ2v) is 6.11. The predicted octanol–water partition coefficient (Wildman–Crippen LogP) is 5.64. The lowest BCUT2D eigenvalue weighted by atomic mass is 10.1. The Morgan fingerprint density at radius 3 is 1.89 bits per heavy atom. The zero-order chi connectivity index (χ0) is 19.8. The van der Waals surface area contributed by atoms with Crippen LogP contribution in [0.3, 0.4) is 0 Å². The van der Waals surface area contributed by atoms with Crippen LogP contribution in [0.1, 0.15) is 18.6 Å². The van der Waals surface area contributed by atoms with E-state index in [1.165, 1.54) is 0 Å². The number of nitrogens with one attached hydrogen (secondary N) is 3. The van der Waals surface area contributed by atoms with Gasteiger partial charge < -0.3 is 15.4 Å². The van der Waals surface area contributed by atoms with Crippen molar-refractivity contribution in [3.63, 3.8) is 0 Å². The quantitative estimate of drug-likeness (QED) is 0.540. The van der Waals surface area contributed by atoms with Crippen LogP contribution in [-0.2, 0) is 4.74 Å². The van der Waals surface area contributed by atoms with Gasteiger partial charge in [0, 0.05) is 17.1 Å². The smallest absolute Gasteiger partial charge is 0.412 e. The third-order valence-electron chi connectivity index (χ3n) is 3.95. The highest BCUT2D eigenvalue weighted by atomic mass is 16.6. The van der Waals surface area contributed by atoms with Crippen LogP contribution in [0, 0.1) is 0 Å². The van der Waals surface area contributed by atoms with Crippen molar-refractivity contribution in [1.29, 1.82) is 0 Å². The summed E-state index contributed by atoms with van der Waals surface area (Å²) < 4.78 is 5.42. The first kappa shape index (κ1) is 19.0. The molecule has 3 N–H and O–H groups in total. The number of carbonyl (C=O) groups excluding carboxylic acids is 2. The van der Waals surface area contributed by atoms with Gasteiger partial charge in [-0.1, -0.05) is 48.5 Å². The number of rotatable bonds is 5. The monoisotopic (exact) mass is 375 g/mol. The third kappa shape index (κ3) is 5.60. The molecule has 6 nitrogen and oxygen atoms in total. The SMILES string of the molecule is C[C@@H](OC(=O)Nc1ccccc1)c1cccc(NC(=O)Nc2ccccc2)c1. The lowest BCUT2D eigenvalue weighted by Gasteiger charge is -2.15. The van der Waals surface area contributed by atoms with E-state index in [0.29, 0.717) is 17.1 Å². The molecule has 0 saturated heterocycles. The summed E-state index contributed by atoms with van der Waals surface area (Å²) in [6.07, 6.45) is -1.03. The summed E-state index contributed by atoms with van der Waals surface area (Å²) in [6.45, 7) is 1.77. The molecule has 0 aromatic heterocycles. The molecule has 0 spiro atoms. The molecule has 0 bridgehead atoms. The van der Waals surface area contributed by atoms with E-state index in [2.05, 4.69) is 16.0 Å². The molecule has 3 aromatic rings. The number of amides is 3. The summed E-state index contributed by atoms with van der Waals surface area (Å²) in [7, 11) is 0. The van der Waals surface area contributed by atoms with E-state index in [1.807, 2.05) is 42.5 Å². The highest BCUT2D eigenvalue weighted by Gasteiger charge is 2.13. The Kier molecular flexibility index (Phi) is 6.25. The molecule has 3 rings (SSSR count). The highest BCUT2D eigenvalue weighted by molar-refractivity contribution is 5.99. The number of hydrogen-bond acceptors (Lipinski definition) is 3. The van der Waals surface area contributed by atoms with Gasteiger partial charge in [-0.15, -0.1) is 0 Å². The molecule has 0 radical (unpaired) electrons. The summed E-state index contributed by atoms with van der Waals surface area (Å²) in [5, 5.41) is 8.20. The van der Waals surface area contributed by atoms with E-state index in [4.69, 9.17) is 4.74 Å². The maximum atomic E-state index is 12.1. The Hall–Kier alpha value is -3.80. The highest BCUT2D eigenvalue weighted by Crippen LogP contribution is 2.21. The first-order valence-electron chi connectivity index (χ1n) is 8.86. The fraction of sp³-hybridized carbons (Fsp3) is 0.0909. The minimum Gasteiger partial charge on any atom is -0.441 e. The van der Waals surface area contributed by atoms with E-state index in [0.717, 1.165) is 5.56 Å². The number of para-hydroxylation sites is 2. The second-order valence-electron chi connectivity index (χ2n) is 6.11. The van der Waals surface area contributed by atoms with Crippen molar-refractivity contribution in [3.8, 4) is 0 Å². The van der Waals surface area contributed by atoms with Crippen LogP contribution in [-0.4, -0.2) is 12.1 Å². The van der Waals surface area contributed by atoms with Crippen LogP contribution >= 0.6 is 0 Å². The van der Waals surface area contributed by atoms with E-state index in [9.17, 15) is 9.59 Å². The molecule has 0 aliphatic rings. The molecule has 28 heavy (non-hydrogen) atoms. The van der Waals surface area contributed by atoms with Gasteiger partial charge in [-0.05, 0) is 48.9 Å². The van der Waals surface area contributed by atoms with Gasteiger partial charge in [-0.25, -0.2) is 9.59 Å². The maximum Gasteiger partial charge on any atom is 0.412 e. The molecule has 0 heterocycles. The molecule has 0 saturated carbocycles. The van der Waals surface area contributed by atoms with Crippen LogP contribution in [0.15, 0.2) is 84.9 Å². The van der Waals surface area contributed by atoms with Crippen molar-refractivity contribution < 1.29 is 14.3 Å². The summed E-state index contributed by atoms with van der Waals surface area (Å²) in [4.78, 5) is 24.2. The number of benzene rings is 3. The lowest BCUT2D eigenvalue weighted by molar-refractivity contribution is 0.121. The van der Waals surface area contributed by atoms with E-state index in [1.54, 1.807) is 49.4 Å². The number of urea groups is 1. The summed E-state index contributed by atoms with van der Waals surface area (Å²) in [5.74, 6) is 0. The number of ether oxygens (including phenoxy) is 1. The molecule has 0 unspecified atom stereocenters. The van der Waals surface area contributed by atoms with Crippen molar-refractivity contribution >= 4 is 29.2 Å². The molecule has 1 atom stereocenters. The molecule has 0 aliphatic carbocycles. The minimum absolute atomic E-state index is 0.348. The first-order chi connectivity index (χ1) is 13.6. The van der Waals surface area contributed by atoms with Gasteiger partial charge >= 0.3 is 12.1 Å². The van der Waals surface area contributed by atoms with Crippen LogP contribution in [0.5, 0.6) is 0 Å². The zero-order valence-corrected chi connectivity index (χ0v) is 15.4. The van der Waals surface area contributed by atoms with Crippen molar-refractivity contribution in [1.82, 2.24) is 0 Å². The Balaban J connectivity index is 1.57. The average molecular weight is 375 g/mol. The van der Waals surface area contributed by atoms with Gasteiger partial charge in [0.05, 0.1) is 0 Å². The predicted molar refractivity (Wildman–Crippen MR) is 110 cm³/mol. The molecular weight excluding hydrogens is 354 g/mol. The molecular formula is C22H21N3O3. The van der Waals surface area contributed by atoms with Gasteiger partial charge in [0.25, 0.3) is 0 Å². The van der Waals surface area contributed by atoms with Gasteiger partial charge in [-0.2, -0.15) is 0 Å². The van der Waals surface area contributed by atoms with Gasteiger partial charge in [0.1, 0.15) is 6.10 Å². The third-order valence-corrected chi connectivity index (χ3v) is 3.95. The first-order valence-corrected chi connectivity index (χ1v) is 8.86. The standard InChI is InChI=1S/C22H21N3O3/c1-16(28-22(27)25-19-12-6-3-7-13-19)17-9-8-14-20(15-17)24-21(26)23-18-10-4-2-5-11-18/h2-16H,1H3,(H,25,27)(H2,23,24,26)/t16-/m1/s1. The van der Waals surface area contributed by atoms with Crippen LogP contribution in [0.25, 0.3) is 0 Å². The van der Waals surface area contributed by atoms with Crippen molar-refractivity contribution in [2.45, 2.75) is 13.0 Å². The Bertz CT molecular complexity index is 930. The Labute approximate surface area is 163 Å². The van der Waals surface area contributed by atoms with Crippen LogP contribution in [0.4, 0.5) is 26.7 Å². The number of anilines is 3. The fourth-order valence-electron chi connectivity index (χ4n) is 2.58. The Morgan fingerprint density at radius 2 is 1.25 bits per heavy atom. The lowest BCUT2D eigenvalue weighted by Crippen LogP contribution is -2.19. The molecule has 6 heteroatoms. The molecule has 3 aromatic carbocycles. The maximum absolute atomic E-state index is 12.1. The summed E-state index contributed by atoms with van der Waals surface area (Å²) in [5.41, 5.74) is 2.73. The molecule has 0 aliphatic heterocycles. The average Bonchev–Trinajstić information content (AvgIpc) is 2.69. The largest absolute Gasteiger partial charge is 0.441 e. The van der Waals surface area contributed by atoms with E-state index < -0.39 is 12.2 Å². The van der Waals surface area contributed by atoms with Crippen LogP contribution < -0.4 is 16.0 Å². The van der Waals surface area contributed by atoms with Gasteiger partial charge in [0.2, 0.25) is 0 Å². The van der Waals surface area contributed by atoms with Crippen molar-refractivity contribution in [2.24, 2.45) is 0 Å². The summed E-state index contributed by atoms with van der Waals surface area (Å²) >= 11 is 0. The van der Waals surface area contributed by atoms with E-state index >= 15 is 0 Å². The normalized spacial score (nSPS) is 11.2. The van der Waals surface area contributed by atoms with Gasteiger partial charge in [0.15, 0.2) is 0 Å². The minimum atomic E-state index is -0.543. The van der Waals surface area contributed by atoms with E-state index in [-0.39, 0.29) is 6.03 Å². The van der Waals surface area contributed by atoms with Crippen molar-refractivity contribution in [3.05, 3.63) is 90.5 Å².